The topological polar surface area (TPSA) is 81.6 Å². The van der Waals surface area contributed by atoms with Crippen LogP contribution in [0.2, 0.25) is 5.02 Å². The van der Waals surface area contributed by atoms with Crippen molar-refractivity contribution in [1.29, 1.82) is 0 Å². The monoisotopic (exact) mass is 517 g/mol. The number of carbonyl (C=O) groups is 1. The van der Waals surface area contributed by atoms with Gasteiger partial charge in [-0.2, -0.15) is 0 Å². The Morgan fingerprint density at radius 1 is 1.21 bits per heavy atom. The maximum absolute atomic E-state index is 13.1. The minimum Gasteiger partial charge on any atom is -0.493 e. The van der Waals surface area contributed by atoms with Crippen LogP contribution in [0.4, 0.5) is 5.69 Å². The Balaban J connectivity index is 0.00000158. The molecule has 1 aliphatic heterocycles. The molecule has 0 fully saturated rings. The average Bonchev–Trinajstić information content (AvgIpc) is 3.42. The van der Waals surface area contributed by atoms with Crippen molar-refractivity contribution >= 4 is 45.3 Å². The number of methoxy groups -OCH3 is 1. The van der Waals surface area contributed by atoms with Gasteiger partial charge < -0.3 is 14.4 Å². The van der Waals surface area contributed by atoms with Crippen LogP contribution in [0.3, 0.4) is 0 Å². The predicted molar refractivity (Wildman–Crippen MR) is 137 cm³/mol. The Kier molecular flexibility index (Phi) is 9.05. The number of rotatable bonds is 9. The fourth-order valence-corrected chi connectivity index (χ4v) is 5.24. The number of hydrogen-bond donors (Lipinski definition) is 0. The lowest BCUT2D eigenvalue weighted by atomic mass is 10.2. The molecule has 0 saturated carbocycles. The lowest BCUT2D eigenvalue weighted by molar-refractivity contribution is 0.1000. The van der Waals surface area contributed by atoms with E-state index in [1.165, 1.54) is 11.3 Å². The molecule has 3 aromatic rings. The molecule has 1 aliphatic rings. The molecule has 34 heavy (non-hydrogen) atoms. The zero-order valence-corrected chi connectivity index (χ0v) is 21.2. The van der Waals surface area contributed by atoms with Crippen LogP contribution < -0.4 is 14.4 Å². The molecule has 1 atom stereocenters. The van der Waals surface area contributed by atoms with Gasteiger partial charge in [0.15, 0.2) is 17.3 Å². The molecule has 1 amide bonds. The summed E-state index contributed by atoms with van der Waals surface area (Å²) in [6, 6.07) is 7.41. The van der Waals surface area contributed by atoms with Gasteiger partial charge in [-0.05, 0) is 30.2 Å². The van der Waals surface area contributed by atoms with Crippen molar-refractivity contribution in [1.82, 2.24) is 9.97 Å². The summed E-state index contributed by atoms with van der Waals surface area (Å²) in [5.74, 6) is 2.91. The Hall–Kier alpha value is -2.93. The summed E-state index contributed by atoms with van der Waals surface area (Å²) in [6.07, 6.45) is 11.8. The minimum absolute atomic E-state index is 0.0667. The smallest absolute Gasteiger partial charge is 0.269 e. The number of thiophene rings is 1. The van der Waals surface area contributed by atoms with Crippen LogP contribution in [-0.2, 0) is 17.3 Å². The highest BCUT2D eigenvalue weighted by Crippen LogP contribution is 2.39. The summed E-state index contributed by atoms with van der Waals surface area (Å²) in [6.45, 7) is 2.82. The third-order valence-corrected chi connectivity index (χ3v) is 7.72. The molecule has 0 aliphatic carbocycles. The van der Waals surface area contributed by atoms with Crippen molar-refractivity contribution in [2.45, 2.75) is 19.9 Å². The van der Waals surface area contributed by atoms with Gasteiger partial charge in [-0.1, -0.05) is 18.5 Å². The van der Waals surface area contributed by atoms with Crippen molar-refractivity contribution in [3.63, 3.8) is 0 Å². The van der Waals surface area contributed by atoms with Crippen LogP contribution in [0, 0.1) is 12.8 Å². The van der Waals surface area contributed by atoms with Crippen molar-refractivity contribution in [2.24, 2.45) is 0 Å². The van der Waals surface area contributed by atoms with Crippen LogP contribution in [0.5, 0.6) is 11.5 Å². The van der Waals surface area contributed by atoms with Crippen molar-refractivity contribution in [3.8, 4) is 35.0 Å². The molecule has 7 nitrogen and oxygen atoms in total. The van der Waals surface area contributed by atoms with Gasteiger partial charge in [0.05, 0.1) is 35.0 Å². The second-order valence-corrected chi connectivity index (χ2v) is 10.4. The maximum Gasteiger partial charge on any atom is 0.269 e. The van der Waals surface area contributed by atoms with E-state index in [2.05, 4.69) is 22.8 Å². The Labute approximate surface area is 210 Å². The second-order valence-electron chi connectivity index (χ2n) is 7.05. The summed E-state index contributed by atoms with van der Waals surface area (Å²) in [5.41, 5.74) is 1.68. The van der Waals surface area contributed by atoms with Gasteiger partial charge in [-0.15, -0.1) is 24.2 Å². The highest BCUT2D eigenvalue weighted by molar-refractivity contribution is 7.84. The summed E-state index contributed by atoms with van der Waals surface area (Å²) < 4.78 is 22.8. The molecule has 2 aromatic heterocycles. The highest BCUT2D eigenvalue weighted by atomic mass is 35.5. The van der Waals surface area contributed by atoms with Gasteiger partial charge >= 0.3 is 0 Å². The number of carbonyl (C=O) groups excluding carboxylic acids is 1. The minimum atomic E-state index is -0.800. The molecule has 0 spiro atoms. The number of fused-ring (bicyclic) bond motifs is 1. The Bertz CT molecular complexity index is 1190. The summed E-state index contributed by atoms with van der Waals surface area (Å²) in [5, 5.41) is 0.470. The quantitative estimate of drug-likeness (QED) is 0.299. The largest absolute Gasteiger partial charge is 0.493 e. The molecule has 0 N–H and O–H groups in total. The first-order valence-electron chi connectivity index (χ1n) is 10.4. The third kappa shape index (κ3) is 5.76. The van der Waals surface area contributed by atoms with Crippen LogP contribution in [0.25, 0.3) is 10.7 Å². The molecule has 0 radical (unpaired) electrons. The molecular weight excluding hydrogens is 494 g/mol. The molecular formula is C24H24ClN3O4S2. The fraction of sp³-hybridized carbons (Fsp3) is 0.292. The molecule has 0 saturated heterocycles. The van der Waals surface area contributed by atoms with Crippen LogP contribution >= 0.6 is 22.9 Å². The van der Waals surface area contributed by atoms with E-state index >= 15 is 0 Å². The summed E-state index contributed by atoms with van der Waals surface area (Å²) in [4.78, 5) is 24.8. The molecule has 0 bridgehead atoms. The maximum atomic E-state index is 13.1. The number of aromatic nitrogens is 2. The van der Waals surface area contributed by atoms with Crippen LogP contribution in [0.1, 0.15) is 28.6 Å². The standard InChI is InChI=1S/C22H22ClN3O4S2.C2H2/c1-3-32(28)8-4-7-30-17-6-5-16(10-18(17)29-2)26-13-14-9-19(31-20(14)22(26)27)21-24-11-15(23)12-25-21;1-2/h5-6,9-12H,3-4,7-8,13H2,1-2H3;1-2H. The Morgan fingerprint density at radius 2 is 1.94 bits per heavy atom. The highest BCUT2D eigenvalue weighted by Gasteiger charge is 2.32. The third-order valence-electron chi connectivity index (χ3n) is 4.97. The molecule has 1 unspecified atom stereocenters. The van der Waals surface area contributed by atoms with Gasteiger partial charge in [-0.3, -0.25) is 9.00 Å². The number of nitrogens with zero attached hydrogens (tertiary/aromatic N) is 3. The van der Waals surface area contributed by atoms with E-state index in [9.17, 15) is 9.00 Å². The number of amides is 1. The van der Waals surface area contributed by atoms with Crippen molar-refractivity contribution in [3.05, 3.63) is 52.1 Å². The van der Waals surface area contributed by atoms with Gasteiger partial charge in [0.1, 0.15) is 0 Å². The molecule has 178 valence electrons. The van der Waals surface area contributed by atoms with Crippen molar-refractivity contribution in [2.75, 3.05) is 30.1 Å². The Morgan fingerprint density at radius 3 is 2.59 bits per heavy atom. The number of ether oxygens (including phenoxy) is 2. The van der Waals surface area contributed by atoms with Gasteiger partial charge in [0.2, 0.25) is 0 Å². The zero-order valence-electron chi connectivity index (χ0n) is 18.8. The summed E-state index contributed by atoms with van der Waals surface area (Å²) >= 11 is 7.24. The van der Waals surface area contributed by atoms with E-state index in [-0.39, 0.29) is 5.91 Å². The van der Waals surface area contributed by atoms with E-state index in [0.717, 1.165) is 16.1 Å². The van der Waals surface area contributed by atoms with E-state index in [4.69, 9.17) is 21.1 Å². The zero-order chi connectivity index (χ0) is 24.7. The molecule has 1 aromatic carbocycles. The first kappa shape index (κ1) is 25.7. The number of hydrogen-bond acceptors (Lipinski definition) is 7. The molecule has 3 heterocycles. The van der Waals surface area contributed by atoms with Gasteiger partial charge in [0.25, 0.3) is 5.91 Å². The lowest BCUT2D eigenvalue weighted by Gasteiger charge is -2.18. The van der Waals surface area contributed by atoms with E-state index in [1.54, 1.807) is 36.5 Å². The molecule has 4 rings (SSSR count). The van der Waals surface area contributed by atoms with Crippen LogP contribution in [0.15, 0.2) is 36.7 Å². The number of benzene rings is 1. The predicted octanol–water partition coefficient (Wildman–Crippen LogP) is 4.81. The van der Waals surface area contributed by atoms with Crippen LogP contribution in [-0.4, -0.2) is 45.3 Å². The molecule has 10 heteroatoms. The SMILES string of the molecule is C#C.CCS(=O)CCCOc1ccc(N2Cc3cc(-c4ncc(Cl)cn4)sc3C2=O)cc1OC. The summed E-state index contributed by atoms with van der Waals surface area (Å²) in [7, 11) is 0.768. The van der Waals surface area contributed by atoms with E-state index < -0.39 is 10.8 Å². The van der Waals surface area contributed by atoms with E-state index in [1.807, 2.05) is 19.1 Å². The van der Waals surface area contributed by atoms with E-state index in [0.29, 0.717) is 58.3 Å². The normalized spacial score (nSPS) is 13.1. The fourth-order valence-electron chi connectivity index (χ4n) is 3.34. The lowest BCUT2D eigenvalue weighted by Crippen LogP contribution is -2.23. The number of terminal acetylenes is 1. The number of halogens is 1. The van der Waals surface area contributed by atoms with Gasteiger partial charge in [-0.25, -0.2) is 9.97 Å². The number of anilines is 1. The second kappa shape index (κ2) is 12.0. The van der Waals surface area contributed by atoms with Crippen molar-refractivity contribution < 1.29 is 18.5 Å². The first-order chi connectivity index (χ1) is 16.5. The first-order valence-corrected chi connectivity index (χ1v) is 13.1. The van der Waals surface area contributed by atoms with Gasteiger partial charge in [0, 0.05) is 46.5 Å². The average molecular weight is 518 g/mol.